The zero-order chi connectivity index (χ0) is 15.2. The van der Waals surface area contributed by atoms with Gasteiger partial charge in [0.15, 0.2) is 0 Å². The van der Waals surface area contributed by atoms with Crippen LogP contribution >= 0.6 is 0 Å². The van der Waals surface area contributed by atoms with E-state index in [-0.39, 0.29) is 5.91 Å². The molecule has 0 spiro atoms. The first-order chi connectivity index (χ1) is 10.1. The molecule has 2 N–H and O–H groups in total. The van der Waals surface area contributed by atoms with Gasteiger partial charge in [-0.25, -0.2) is 0 Å². The van der Waals surface area contributed by atoms with Crippen LogP contribution in [-0.2, 0) is 0 Å². The van der Waals surface area contributed by atoms with Crippen molar-refractivity contribution in [3.05, 3.63) is 42.5 Å². The molecule has 0 saturated carbocycles. The van der Waals surface area contributed by atoms with Crippen molar-refractivity contribution in [2.75, 3.05) is 25.5 Å². The predicted octanol–water partition coefficient (Wildman–Crippen LogP) is 2.50. The summed E-state index contributed by atoms with van der Waals surface area (Å²) in [7, 11) is 2.18. The van der Waals surface area contributed by atoms with E-state index in [4.69, 9.17) is 0 Å². The summed E-state index contributed by atoms with van der Waals surface area (Å²) in [6.45, 7) is 7.47. The van der Waals surface area contributed by atoms with Crippen molar-refractivity contribution in [1.82, 2.24) is 10.2 Å². The maximum Gasteiger partial charge on any atom is 0.251 e. The summed E-state index contributed by atoms with van der Waals surface area (Å²) in [6, 6.07) is 8.80. The second-order valence-electron chi connectivity index (χ2n) is 5.77. The molecule has 1 aromatic rings. The predicted molar refractivity (Wildman–Crippen MR) is 87.7 cm³/mol. The minimum absolute atomic E-state index is 0.0608. The Morgan fingerprint density at radius 2 is 2.14 bits per heavy atom. The van der Waals surface area contributed by atoms with Crippen LogP contribution in [0.4, 0.5) is 5.69 Å². The Bertz CT molecular complexity index is 483. The zero-order valence-corrected chi connectivity index (χ0v) is 12.9. The minimum Gasteiger partial charge on any atom is -0.382 e. The molecule has 2 rings (SSSR count). The van der Waals surface area contributed by atoms with Gasteiger partial charge in [-0.15, -0.1) is 6.58 Å². The Morgan fingerprint density at radius 3 is 2.76 bits per heavy atom. The molecule has 0 radical (unpaired) electrons. The maximum atomic E-state index is 11.8. The molecule has 2 unspecified atom stereocenters. The Balaban J connectivity index is 1.90. The van der Waals surface area contributed by atoms with E-state index in [1.807, 2.05) is 24.3 Å². The smallest absolute Gasteiger partial charge is 0.251 e. The van der Waals surface area contributed by atoms with Gasteiger partial charge in [0.2, 0.25) is 0 Å². The first-order valence-electron chi connectivity index (χ1n) is 7.56. The lowest BCUT2D eigenvalue weighted by molar-refractivity contribution is 0.0958. The molecule has 0 aromatic heterocycles. The standard InChI is InChI=1S/C17H25N3O/c1-4-10-18-17(21)14-5-7-15(8-6-14)19-16-9-11-20(3)13(2)12-16/h4-8,13,16,19H,1,9-12H2,2-3H3,(H,18,21). The Hall–Kier alpha value is -1.81. The fourth-order valence-corrected chi connectivity index (χ4v) is 2.64. The van der Waals surface area contributed by atoms with Gasteiger partial charge in [-0.05, 0) is 51.1 Å². The molecule has 4 nitrogen and oxygen atoms in total. The topological polar surface area (TPSA) is 44.4 Å². The summed E-state index contributed by atoms with van der Waals surface area (Å²) < 4.78 is 0. The van der Waals surface area contributed by atoms with Crippen LogP contribution in [0.25, 0.3) is 0 Å². The average Bonchev–Trinajstić information content (AvgIpc) is 2.49. The van der Waals surface area contributed by atoms with Gasteiger partial charge in [-0.2, -0.15) is 0 Å². The van der Waals surface area contributed by atoms with E-state index in [2.05, 4.69) is 36.1 Å². The number of anilines is 1. The van der Waals surface area contributed by atoms with Crippen molar-refractivity contribution in [2.45, 2.75) is 31.8 Å². The van der Waals surface area contributed by atoms with Crippen molar-refractivity contribution in [3.8, 4) is 0 Å². The highest BCUT2D eigenvalue weighted by atomic mass is 16.1. The normalized spacial score (nSPS) is 22.6. The second-order valence-corrected chi connectivity index (χ2v) is 5.77. The number of carbonyl (C=O) groups excluding carboxylic acids is 1. The second kappa shape index (κ2) is 7.27. The van der Waals surface area contributed by atoms with Crippen molar-refractivity contribution in [1.29, 1.82) is 0 Å². The fraction of sp³-hybridized carbons (Fsp3) is 0.471. The van der Waals surface area contributed by atoms with E-state index < -0.39 is 0 Å². The molecule has 1 aliphatic rings. The fourth-order valence-electron chi connectivity index (χ4n) is 2.64. The molecular weight excluding hydrogens is 262 g/mol. The van der Waals surface area contributed by atoms with E-state index in [0.29, 0.717) is 24.2 Å². The molecule has 0 bridgehead atoms. The molecule has 1 fully saturated rings. The van der Waals surface area contributed by atoms with Gasteiger partial charge in [0.05, 0.1) is 0 Å². The van der Waals surface area contributed by atoms with Crippen LogP contribution in [0.2, 0.25) is 0 Å². The number of piperidine rings is 1. The Kier molecular flexibility index (Phi) is 5.39. The van der Waals surface area contributed by atoms with Gasteiger partial charge in [-0.3, -0.25) is 4.79 Å². The van der Waals surface area contributed by atoms with Crippen LogP contribution < -0.4 is 10.6 Å². The summed E-state index contributed by atoms with van der Waals surface area (Å²) in [5, 5.41) is 6.34. The van der Waals surface area contributed by atoms with Crippen LogP contribution in [-0.4, -0.2) is 43.0 Å². The summed E-state index contributed by atoms with van der Waals surface area (Å²) >= 11 is 0. The van der Waals surface area contributed by atoms with Gasteiger partial charge in [-0.1, -0.05) is 6.08 Å². The van der Waals surface area contributed by atoms with Gasteiger partial charge in [0.25, 0.3) is 5.91 Å². The number of nitrogens with one attached hydrogen (secondary N) is 2. The van der Waals surface area contributed by atoms with Crippen LogP contribution in [0.15, 0.2) is 36.9 Å². The molecule has 114 valence electrons. The van der Waals surface area contributed by atoms with Crippen LogP contribution in [0.3, 0.4) is 0 Å². The first kappa shape index (κ1) is 15.6. The summed E-state index contributed by atoms with van der Waals surface area (Å²) in [5.74, 6) is -0.0608. The molecule has 0 aliphatic carbocycles. The quantitative estimate of drug-likeness (QED) is 0.818. The van der Waals surface area contributed by atoms with Crippen LogP contribution in [0, 0.1) is 0 Å². The number of likely N-dealkylation sites (tertiary alicyclic amines) is 1. The molecular formula is C17H25N3O. The lowest BCUT2D eigenvalue weighted by atomic mass is 9.98. The van der Waals surface area contributed by atoms with Gasteiger partial charge in [0.1, 0.15) is 0 Å². The first-order valence-corrected chi connectivity index (χ1v) is 7.56. The van der Waals surface area contributed by atoms with Crippen molar-refractivity contribution >= 4 is 11.6 Å². The monoisotopic (exact) mass is 287 g/mol. The number of nitrogens with zero attached hydrogens (tertiary/aromatic N) is 1. The van der Waals surface area contributed by atoms with E-state index in [0.717, 1.165) is 25.1 Å². The maximum absolute atomic E-state index is 11.8. The van der Waals surface area contributed by atoms with Crippen LogP contribution in [0.5, 0.6) is 0 Å². The van der Waals surface area contributed by atoms with Crippen molar-refractivity contribution in [3.63, 3.8) is 0 Å². The number of hydrogen-bond acceptors (Lipinski definition) is 3. The molecule has 1 amide bonds. The average molecular weight is 287 g/mol. The van der Waals surface area contributed by atoms with Crippen molar-refractivity contribution in [2.24, 2.45) is 0 Å². The summed E-state index contributed by atoms with van der Waals surface area (Å²) in [4.78, 5) is 14.2. The van der Waals surface area contributed by atoms with Gasteiger partial charge < -0.3 is 15.5 Å². The highest BCUT2D eigenvalue weighted by Gasteiger charge is 2.22. The number of amides is 1. The third-order valence-electron chi connectivity index (χ3n) is 4.13. The number of benzene rings is 1. The largest absolute Gasteiger partial charge is 0.382 e. The third-order valence-corrected chi connectivity index (χ3v) is 4.13. The highest BCUT2D eigenvalue weighted by Crippen LogP contribution is 2.20. The minimum atomic E-state index is -0.0608. The van der Waals surface area contributed by atoms with Crippen LogP contribution in [0.1, 0.15) is 30.1 Å². The number of hydrogen-bond donors (Lipinski definition) is 2. The lowest BCUT2D eigenvalue weighted by Gasteiger charge is -2.35. The van der Waals surface area contributed by atoms with E-state index in [9.17, 15) is 4.79 Å². The number of rotatable bonds is 5. The molecule has 2 atom stereocenters. The number of carbonyl (C=O) groups is 1. The Labute approximate surface area is 127 Å². The van der Waals surface area contributed by atoms with E-state index in [1.54, 1.807) is 6.08 Å². The summed E-state index contributed by atoms with van der Waals surface area (Å²) in [5.41, 5.74) is 1.76. The summed E-state index contributed by atoms with van der Waals surface area (Å²) in [6.07, 6.45) is 3.98. The molecule has 4 heteroatoms. The van der Waals surface area contributed by atoms with Gasteiger partial charge >= 0.3 is 0 Å². The molecule has 1 aliphatic heterocycles. The Morgan fingerprint density at radius 1 is 1.43 bits per heavy atom. The lowest BCUT2D eigenvalue weighted by Crippen LogP contribution is -2.42. The highest BCUT2D eigenvalue weighted by molar-refractivity contribution is 5.94. The zero-order valence-electron chi connectivity index (χ0n) is 12.9. The van der Waals surface area contributed by atoms with Crippen molar-refractivity contribution < 1.29 is 4.79 Å². The SMILES string of the molecule is C=CCNC(=O)c1ccc(NC2CCN(C)C(C)C2)cc1. The van der Waals surface area contributed by atoms with E-state index in [1.165, 1.54) is 0 Å². The molecule has 1 heterocycles. The van der Waals surface area contributed by atoms with Gasteiger partial charge in [0, 0.05) is 36.4 Å². The molecule has 1 aromatic carbocycles. The van der Waals surface area contributed by atoms with E-state index >= 15 is 0 Å². The third kappa shape index (κ3) is 4.33. The molecule has 21 heavy (non-hydrogen) atoms. The molecule has 1 saturated heterocycles.